The van der Waals surface area contributed by atoms with Gasteiger partial charge in [0, 0.05) is 12.1 Å². The van der Waals surface area contributed by atoms with Crippen LogP contribution in [0.1, 0.15) is 5.56 Å². The van der Waals surface area contributed by atoms with Gasteiger partial charge in [-0.3, -0.25) is 0 Å². The molecule has 0 saturated heterocycles. The van der Waals surface area contributed by atoms with Crippen molar-refractivity contribution >= 4 is 17.5 Å². The molecule has 0 radical (unpaired) electrons. The van der Waals surface area contributed by atoms with Crippen LogP contribution in [-0.2, 0) is 11.3 Å². The summed E-state index contributed by atoms with van der Waals surface area (Å²) < 4.78 is 9.13. The molecule has 0 spiro atoms. The highest BCUT2D eigenvalue weighted by atomic mass is 32.1. The molecule has 12 heavy (non-hydrogen) atoms. The first kappa shape index (κ1) is 9.02. The second-order valence-electron chi connectivity index (χ2n) is 1.99. The maximum Gasteiger partial charge on any atom is 0.514 e. The Morgan fingerprint density at radius 3 is 3.08 bits per heavy atom. The van der Waals surface area contributed by atoms with Crippen LogP contribution in [0.15, 0.2) is 11.4 Å². The zero-order valence-corrected chi connectivity index (χ0v) is 7.39. The van der Waals surface area contributed by atoms with Gasteiger partial charge in [-0.1, -0.05) is 0 Å². The topological polar surface area (TPSA) is 61.5 Å². The predicted molar refractivity (Wildman–Crippen MR) is 45.2 cm³/mol. The molecule has 1 heterocycles. The number of thiophene rings is 1. The van der Waals surface area contributed by atoms with Crippen molar-refractivity contribution in [1.82, 2.24) is 0 Å². The minimum atomic E-state index is -0.716. The Labute approximate surface area is 73.9 Å². The molecule has 1 rings (SSSR count). The molecule has 1 aromatic heterocycles. The summed E-state index contributed by atoms with van der Waals surface area (Å²) in [7, 11) is 1.26. The highest BCUT2D eigenvalue weighted by molar-refractivity contribution is 7.12. The third-order valence-electron chi connectivity index (χ3n) is 1.27. The van der Waals surface area contributed by atoms with E-state index in [2.05, 4.69) is 4.74 Å². The summed E-state index contributed by atoms with van der Waals surface area (Å²) in [5.41, 5.74) is 6.20. The van der Waals surface area contributed by atoms with Crippen molar-refractivity contribution in [2.45, 2.75) is 6.54 Å². The van der Waals surface area contributed by atoms with Gasteiger partial charge in [0.25, 0.3) is 0 Å². The minimum Gasteiger partial charge on any atom is -0.437 e. The summed E-state index contributed by atoms with van der Waals surface area (Å²) in [5.74, 6) is 0. The lowest BCUT2D eigenvalue weighted by atomic mass is 10.3. The van der Waals surface area contributed by atoms with Crippen molar-refractivity contribution in [2.24, 2.45) is 5.73 Å². The quantitative estimate of drug-likeness (QED) is 0.710. The molecular formula is C7H9NO3S. The van der Waals surface area contributed by atoms with Crippen molar-refractivity contribution in [3.63, 3.8) is 0 Å². The average Bonchev–Trinajstić information content (AvgIpc) is 2.51. The summed E-state index contributed by atoms with van der Waals surface area (Å²) in [5, 5.41) is 2.31. The molecule has 0 amide bonds. The van der Waals surface area contributed by atoms with E-state index in [9.17, 15) is 4.79 Å². The van der Waals surface area contributed by atoms with Crippen molar-refractivity contribution in [1.29, 1.82) is 0 Å². The van der Waals surface area contributed by atoms with Crippen LogP contribution in [0.4, 0.5) is 4.79 Å². The van der Waals surface area contributed by atoms with Crippen molar-refractivity contribution in [2.75, 3.05) is 7.11 Å². The van der Waals surface area contributed by atoms with Gasteiger partial charge in [-0.15, -0.1) is 11.3 Å². The van der Waals surface area contributed by atoms with E-state index in [-0.39, 0.29) is 0 Å². The van der Waals surface area contributed by atoms with Gasteiger partial charge in [-0.25, -0.2) is 4.79 Å². The first-order valence-corrected chi connectivity index (χ1v) is 4.18. The standard InChI is InChI=1S/C7H9NO3S/c1-10-7(9)11-6-5(4-8)2-3-12-6/h2-3H,4,8H2,1H3. The Morgan fingerprint density at radius 1 is 1.75 bits per heavy atom. The molecule has 0 atom stereocenters. The molecule has 4 nitrogen and oxygen atoms in total. The lowest BCUT2D eigenvalue weighted by molar-refractivity contribution is 0.122. The lowest BCUT2D eigenvalue weighted by Crippen LogP contribution is -2.08. The Hall–Kier alpha value is -1.07. The molecule has 66 valence electrons. The number of hydrogen-bond acceptors (Lipinski definition) is 5. The van der Waals surface area contributed by atoms with E-state index in [1.807, 2.05) is 6.07 Å². The minimum absolute atomic E-state index is 0.357. The van der Waals surface area contributed by atoms with Gasteiger partial charge < -0.3 is 15.2 Å². The van der Waals surface area contributed by atoms with Crippen LogP contribution in [0.3, 0.4) is 0 Å². The van der Waals surface area contributed by atoms with Crippen LogP contribution in [-0.4, -0.2) is 13.3 Å². The van der Waals surface area contributed by atoms with Crippen LogP contribution in [0.5, 0.6) is 5.06 Å². The fourth-order valence-electron chi connectivity index (χ4n) is 0.680. The molecule has 0 fully saturated rings. The van der Waals surface area contributed by atoms with Crippen LogP contribution in [0.25, 0.3) is 0 Å². The predicted octanol–water partition coefficient (Wildman–Crippen LogP) is 1.35. The fourth-order valence-corrected chi connectivity index (χ4v) is 1.45. The normalized spacial score (nSPS) is 9.50. The maximum atomic E-state index is 10.7. The number of carbonyl (C=O) groups is 1. The highest BCUT2D eigenvalue weighted by Crippen LogP contribution is 2.25. The number of ether oxygens (including phenoxy) is 2. The zero-order valence-electron chi connectivity index (χ0n) is 6.57. The van der Waals surface area contributed by atoms with Gasteiger partial charge in [0.2, 0.25) is 0 Å². The molecular weight excluding hydrogens is 178 g/mol. The van der Waals surface area contributed by atoms with Crippen molar-refractivity contribution in [3.05, 3.63) is 17.0 Å². The van der Waals surface area contributed by atoms with Crippen LogP contribution >= 0.6 is 11.3 Å². The molecule has 0 aromatic carbocycles. The third-order valence-corrected chi connectivity index (χ3v) is 2.10. The van der Waals surface area contributed by atoms with E-state index in [4.69, 9.17) is 10.5 Å². The number of carbonyl (C=O) groups excluding carboxylic acids is 1. The number of hydrogen-bond donors (Lipinski definition) is 1. The van der Waals surface area contributed by atoms with E-state index in [1.165, 1.54) is 18.4 Å². The Bertz CT molecular complexity index is 271. The summed E-state index contributed by atoms with van der Waals surface area (Å²) in [6, 6.07) is 1.81. The zero-order chi connectivity index (χ0) is 8.97. The van der Waals surface area contributed by atoms with Gasteiger partial charge in [-0.05, 0) is 11.4 Å². The van der Waals surface area contributed by atoms with E-state index >= 15 is 0 Å². The summed E-state index contributed by atoms with van der Waals surface area (Å²) in [4.78, 5) is 10.7. The number of nitrogens with two attached hydrogens (primary N) is 1. The van der Waals surface area contributed by atoms with Crippen molar-refractivity contribution < 1.29 is 14.3 Å². The summed E-state index contributed by atoms with van der Waals surface area (Å²) in [6.07, 6.45) is -0.716. The van der Waals surface area contributed by atoms with E-state index in [0.29, 0.717) is 11.6 Å². The molecule has 0 saturated carbocycles. The SMILES string of the molecule is COC(=O)Oc1sccc1CN. The van der Waals surface area contributed by atoms with E-state index in [0.717, 1.165) is 5.56 Å². The molecule has 0 aliphatic heterocycles. The molecule has 2 N–H and O–H groups in total. The Balaban J connectivity index is 2.68. The van der Waals surface area contributed by atoms with Gasteiger partial charge in [0.15, 0.2) is 5.06 Å². The van der Waals surface area contributed by atoms with Crippen LogP contribution in [0.2, 0.25) is 0 Å². The van der Waals surface area contributed by atoms with Gasteiger partial charge >= 0.3 is 6.16 Å². The lowest BCUT2D eigenvalue weighted by Gasteiger charge is -2.00. The van der Waals surface area contributed by atoms with Crippen LogP contribution in [0, 0.1) is 0 Å². The second-order valence-corrected chi connectivity index (χ2v) is 2.87. The molecule has 0 unspecified atom stereocenters. The van der Waals surface area contributed by atoms with Gasteiger partial charge in [0.1, 0.15) is 0 Å². The van der Waals surface area contributed by atoms with Gasteiger partial charge in [-0.2, -0.15) is 0 Å². The second kappa shape index (κ2) is 4.08. The number of rotatable bonds is 2. The van der Waals surface area contributed by atoms with Crippen molar-refractivity contribution in [3.8, 4) is 5.06 Å². The highest BCUT2D eigenvalue weighted by Gasteiger charge is 2.08. The third kappa shape index (κ3) is 1.96. The monoisotopic (exact) mass is 187 g/mol. The van der Waals surface area contributed by atoms with Crippen LogP contribution < -0.4 is 10.5 Å². The Morgan fingerprint density at radius 2 is 2.50 bits per heavy atom. The molecule has 0 bridgehead atoms. The molecule has 0 aliphatic rings. The smallest absolute Gasteiger partial charge is 0.437 e. The number of methoxy groups -OCH3 is 1. The molecule has 5 heteroatoms. The average molecular weight is 187 g/mol. The van der Waals surface area contributed by atoms with Gasteiger partial charge in [0.05, 0.1) is 7.11 Å². The maximum absolute atomic E-state index is 10.7. The largest absolute Gasteiger partial charge is 0.514 e. The fraction of sp³-hybridized carbons (Fsp3) is 0.286. The van der Waals surface area contributed by atoms with E-state index < -0.39 is 6.16 Å². The summed E-state index contributed by atoms with van der Waals surface area (Å²) in [6.45, 7) is 0.357. The van der Waals surface area contributed by atoms with E-state index in [1.54, 1.807) is 5.38 Å². The Kier molecular flexibility index (Phi) is 3.07. The molecule has 0 aliphatic carbocycles. The summed E-state index contributed by atoms with van der Waals surface area (Å²) >= 11 is 1.31. The first-order chi connectivity index (χ1) is 5.77. The first-order valence-electron chi connectivity index (χ1n) is 3.30. The molecule has 1 aromatic rings.